The third-order valence-electron chi connectivity index (χ3n) is 4.34. The van der Waals surface area contributed by atoms with Gasteiger partial charge in [0.1, 0.15) is 11.6 Å². The van der Waals surface area contributed by atoms with Crippen molar-refractivity contribution in [1.29, 1.82) is 0 Å². The summed E-state index contributed by atoms with van der Waals surface area (Å²) in [6.45, 7) is 2.87. The topological polar surface area (TPSA) is 91.3 Å². The molecule has 1 aliphatic rings. The molecule has 0 amide bonds. The molecule has 3 rings (SSSR count). The van der Waals surface area contributed by atoms with E-state index in [-0.39, 0.29) is 5.82 Å². The zero-order valence-corrected chi connectivity index (χ0v) is 15.6. The van der Waals surface area contributed by atoms with Crippen molar-refractivity contribution in [3.8, 4) is 5.75 Å². The van der Waals surface area contributed by atoms with Crippen LogP contribution >= 0.6 is 0 Å². The first-order valence-corrected chi connectivity index (χ1v) is 8.76. The van der Waals surface area contributed by atoms with Gasteiger partial charge in [-0.15, -0.1) is 0 Å². The van der Waals surface area contributed by atoms with Gasteiger partial charge in [-0.25, -0.2) is 14.4 Å². The highest BCUT2D eigenvalue weighted by atomic mass is 19.1. The monoisotopic (exact) mass is 373 g/mol. The number of hydrogen-bond donors (Lipinski definition) is 4. The molecule has 1 atom stereocenters. The standard InChI is InChI=1S/C19H24FN5O2/c1-11-6-13(21-2)8-16(24-11)25-19-18(20)17(15(27-3)10-23-19)12-4-5-22-9-14(26)7-12/h4,6,8,10,14,22,26H,5,7,9H2,1-3H3,(H2,21,23,24,25)/t14-/m1/s1. The minimum atomic E-state index is -0.593. The van der Waals surface area contributed by atoms with Crippen molar-refractivity contribution in [3.63, 3.8) is 0 Å². The van der Waals surface area contributed by atoms with Gasteiger partial charge >= 0.3 is 0 Å². The highest BCUT2D eigenvalue weighted by Crippen LogP contribution is 2.35. The van der Waals surface area contributed by atoms with E-state index in [1.807, 2.05) is 19.1 Å². The van der Waals surface area contributed by atoms with E-state index < -0.39 is 11.9 Å². The number of aryl methyl sites for hydroxylation is 1. The first-order chi connectivity index (χ1) is 13.0. The molecule has 0 aliphatic carbocycles. The van der Waals surface area contributed by atoms with E-state index in [0.717, 1.165) is 11.4 Å². The molecular formula is C19H24FN5O2. The molecule has 1 aliphatic heterocycles. The number of anilines is 3. The van der Waals surface area contributed by atoms with E-state index in [2.05, 4.69) is 25.9 Å². The molecule has 7 nitrogen and oxygen atoms in total. The second-order valence-electron chi connectivity index (χ2n) is 6.37. The summed E-state index contributed by atoms with van der Waals surface area (Å²) >= 11 is 0. The summed E-state index contributed by atoms with van der Waals surface area (Å²) in [5.41, 5.74) is 2.64. The normalized spacial score (nSPS) is 17.1. The number of pyridine rings is 2. The Hall–Kier alpha value is -2.71. The number of aromatic nitrogens is 2. The highest BCUT2D eigenvalue weighted by Gasteiger charge is 2.22. The summed E-state index contributed by atoms with van der Waals surface area (Å²) in [5, 5.41) is 19.1. The van der Waals surface area contributed by atoms with Crippen molar-refractivity contribution >= 4 is 22.9 Å². The molecule has 0 unspecified atom stereocenters. The Kier molecular flexibility index (Phi) is 5.88. The lowest BCUT2D eigenvalue weighted by Gasteiger charge is -2.17. The number of aliphatic hydroxyl groups is 1. The van der Waals surface area contributed by atoms with E-state index in [0.29, 0.717) is 42.2 Å². The van der Waals surface area contributed by atoms with E-state index in [1.165, 1.54) is 13.3 Å². The fourth-order valence-electron chi connectivity index (χ4n) is 3.07. The van der Waals surface area contributed by atoms with Crippen LogP contribution in [0.2, 0.25) is 0 Å². The van der Waals surface area contributed by atoms with E-state index >= 15 is 4.39 Å². The van der Waals surface area contributed by atoms with Gasteiger partial charge in [-0.3, -0.25) is 0 Å². The lowest BCUT2D eigenvalue weighted by Crippen LogP contribution is -2.24. The fraction of sp³-hybridized carbons (Fsp3) is 0.368. The Morgan fingerprint density at radius 2 is 2.19 bits per heavy atom. The molecule has 0 bridgehead atoms. The van der Waals surface area contributed by atoms with Crippen molar-refractivity contribution in [3.05, 3.63) is 41.5 Å². The molecule has 0 saturated heterocycles. The fourth-order valence-corrected chi connectivity index (χ4v) is 3.07. The number of hydrogen-bond acceptors (Lipinski definition) is 7. The van der Waals surface area contributed by atoms with Crippen LogP contribution < -0.4 is 20.7 Å². The van der Waals surface area contributed by atoms with Crippen molar-refractivity contribution in [2.24, 2.45) is 0 Å². The van der Waals surface area contributed by atoms with Crippen molar-refractivity contribution in [1.82, 2.24) is 15.3 Å². The van der Waals surface area contributed by atoms with Crippen LogP contribution in [-0.2, 0) is 0 Å². The molecule has 2 aromatic heterocycles. The summed E-state index contributed by atoms with van der Waals surface area (Å²) in [6, 6.07) is 3.66. The minimum absolute atomic E-state index is 0.0542. The van der Waals surface area contributed by atoms with E-state index in [1.54, 1.807) is 13.1 Å². The molecular weight excluding hydrogens is 349 g/mol. The molecule has 8 heteroatoms. The number of nitrogens with one attached hydrogen (secondary N) is 3. The Labute approximate surface area is 157 Å². The quantitative estimate of drug-likeness (QED) is 0.640. The summed E-state index contributed by atoms with van der Waals surface area (Å²) in [4.78, 5) is 8.53. The second-order valence-corrected chi connectivity index (χ2v) is 6.37. The highest BCUT2D eigenvalue weighted by molar-refractivity contribution is 5.75. The summed E-state index contributed by atoms with van der Waals surface area (Å²) < 4.78 is 20.7. The van der Waals surface area contributed by atoms with E-state index in [9.17, 15) is 5.11 Å². The van der Waals surface area contributed by atoms with Crippen LogP contribution in [0, 0.1) is 12.7 Å². The number of ether oxygens (including phenoxy) is 1. The number of aliphatic hydroxyl groups excluding tert-OH is 1. The SMILES string of the molecule is CNc1cc(C)nc(Nc2ncc(OC)c(C3=CCNC[C@H](O)C3)c2F)c1. The zero-order chi connectivity index (χ0) is 19.4. The first kappa shape index (κ1) is 19.1. The molecule has 0 aromatic carbocycles. The van der Waals surface area contributed by atoms with Crippen molar-refractivity contribution in [2.75, 3.05) is 37.9 Å². The smallest absolute Gasteiger partial charge is 0.177 e. The Morgan fingerprint density at radius 3 is 2.93 bits per heavy atom. The van der Waals surface area contributed by atoms with Crippen molar-refractivity contribution < 1.29 is 14.2 Å². The lowest BCUT2D eigenvalue weighted by molar-refractivity contribution is 0.180. The largest absolute Gasteiger partial charge is 0.494 e. The number of methoxy groups -OCH3 is 1. The Bertz CT molecular complexity index is 856. The third-order valence-corrected chi connectivity index (χ3v) is 4.34. The molecule has 0 saturated carbocycles. The van der Waals surface area contributed by atoms with Gasteiger partial charge in [-0.05, 0) is 18.6 Å². The molecule has 27 heavy (non-hydrogen) atoms. The predicted octanol–water partition coefficient (Wildman–Crippen LogP) is 2.46. The van der Waals surface area contributed by atoms with Gasteiger partial charge in [-0.2, -0.15) is 0 Å². The zero-order valence-electron chi connectivity index (χ0n) is 15.6. The van der Waals surface area contributed by atoms with Crippen LogP contribution in [-0.4, -0.2) is 48.4 Å². The van der Waals surface area contributed by atoms with Crippen LogP contribution in [0.4, 0.5) is 21.7 Å². The molecule has 144 valence electrons. The second kappa shape index (κ2) is 8.32. The lowest BCUT2D eigenvalue weighted by atomic mass is 9.99. The third kappa shape index (κ3) is 4.35. The summed E-state index contributed by atoms with van der Waals surface area (Å²) in [6.07, 6.45) is 3.08. The first-order valence-electron chi connectivity index (χ1n) is 8.76. The molecule has 4 N–H and O–H groups in total. The van der Waals surface area contributed by atoms with Crippen LogP contribution in [0.15, 0.2) is 24.4 Å². The van der Waals surface area contributed by atoms with Crippen LogP contribution in [0.1, 0.15) is 17.7 Å². The number of nitrogens with zero attached hydrogens (tertiary/aromatic N) is 2. The predicted molar refractivity (Wildman–Crippen MR) is 104 cm³/mol. The number of halogens is 1. The van der Waals surface area contributed by atoms with Gasteiger partial charge in [-0.1, -0.05) is 6.08 Å². The van der Waals surface area contributed by atoms with E-state index in [4.69, 9.17) is 4.74 Å². The van der Waals surface area contributed by atoms with Gasteiger partial charge in [0.15, 0.2) is 11.6 Å². The maximum absolute atomic E-state index is 15.3. The molecule has 0 radical (unpaired) electrons. The molecule has 0 fully saturated rings. The van der Waals surface area contributed by atoms with Gasteiger partial charge in [0, 0.05) is 44.0 Å². The molecule has 3 heterocycles. The van der Waals surface area contributed by atoms with Gasteiger partial charge in [0.2, 0.25) is 0 Å². The van der Waals surface area contributed by atoms with Gasteiger partial charge in [0.05, 0.1) is 25.0 Å². The van der Waals surface area contributed by atoms with Gasteiger partial charge < -0.3 is 25.8 Å². The Morgan fingerprint density at radius 1 is 1.37 bits per heavy atom. The number of rotatable bonds is 5. The molecule has 2 aromatic rings. The van der Waals surface area contributed by atoms with Gasteiger partial charge in [0.25, 0.3) is 0 Å². The Balaban J connectivity index is 2.01. The van der Waals surface area contributed by atoms with Crippen LogP contribution in [0.5, 0.6) is 5.75 Å². The van der Waals surface area contributed by atoms with Crippen LogP contribution in [0.3, 0.4) is 0 Å². The maximum Gasteiger partial charge on any atom is 0.177 e. The van der Waals surface area contributed by atoms with Crippen LogP contribution in [0.25, 0.3) is 5.57 Å². The molecule has 0 spiro atoms. The minimum Gasteiger partial charge on any atom is -0.494 e. The van der Waals surface area contributed by atoms with Crippen molar-refractivity contribution in [2.45, 2.75) is 19.4 Å². The number of β-amino-alcohol motifs (C(OH)–C–C–N with tert-alkyl or cyclic N) is 1. The summed E-state index contributed by atoms with van der Waals surface area (Å²) in [7, 11) is 3.28. The average Bonchev–Trinajstić information content (AvgIpc) is 2.86. The summed E-state index contributed by atoms with van der Waals surface area (Å²) in [5.74, 6) is 0.326. The average molecular weight is 373 g/mol. The maximum atomic E-state index is 15.3.